The van der Waals surface area contributed by atoms with E-state index < -0.39 is 4.87 Å². The monoisotopic (exact) mass is 471 g/mol. The van der Waals surface area contributed by atoms with Crippen LogP contribution in [-0.4, -0.2) is 30.0 Å². The summed E-state index contributed by atoms with van der Waals surface area (Å²) in [5, 5.41) is 2.91. The molecule has 1 atom stereocenters. The van der Waals surface area contributed by atoms with Gasteiger partial charge in [0.15, 0.2) is 0 Å². The maximum Gasteiger partial charge on any atom is 0.269 e. The van der Waals surface area contributed by atoms with Gasteiger partial charge in [-0.25, -0.2) is 0 Å². The summed E-state index contributed by atoms with van der Waals surface area (Å²) < 4.78 is 0. The third-order valence-corrected chi connectivity index (χ3v) is 7.80. The van der Waals surface area contributed by atoms with E-state index in [0.717, 1.165) is 22.3 Å². The third-order valence-electron chi connectivity index (χ3n) is 6.42. The number of hydrogen-bond donors (Lipinski definition) is 1. The molecule has 0 bridgehead atoms. The van der Waals surface area contributed by atoms with Crippen molar-refractivity contribution in [2.75, 3.05) is 27.4 Å². The molecule has 0 radical (unpaired) electrons. The second-order valence-electron chi connectivity index (χ2n) is 8.76. The molecule has 172 valence electrons. The maximum absolute atomic E-state index is 14.0. The number of carbonyl (C=O) groups excluding carboxylic acids is 3. The van der Waals surface area contributed by atoms with E-state index in [9.17, 15) is 14.4 Å². The van der Waals surface area contributed by atoms with Gasteiger partial charge in [0.1, 0.15) is 6.54 Å². The number of para-hydroxylation sites is 1. The highest BCUT2D eigenvalue weighted by atomic mass is 32.2. The van der Waals surface area contributed by atoms with Crippen molar-refractivity contribution < 1.29 is 14.4 Å². The number of rotatable bonds is 4. The van der Waals surface area contributed by atoms with Gasteiger partial charge in [0.25, 0.3) is 5.91 Å². The summed E-state index contributed by atoms with van der Waals surface area (Å²) in [7, 11) is 0. The van der Waals surface area contributed by atoms with Crippen LogP contribution in [0.15, 0.2) is 66.7 Å². The molecule has 0 saturated carbocycles. The molecule has 7 heteroatoms. The fraction of sp³-hybridized carbons (Fsp3) is 0.222. The smallest absolute Gasteiger partial charge is 0.269 e. The molecular weight excluding hydrogens is 446 g/mol. The van der Waals surface area contributed by atoms with Crippen molar-refractivity contribution >= 4 is 46.5 Å². The zero-order valence-electron chi connectivity index (χ0n) is 19.3. The number of nitrogens with zero attached hydrogens (tertiary/aromatic N) is 2. The SMILES string of the molecule is Cc1cccc(N2C(=O)CS[C@@]23C(=O)N(CC(=O)Nc2ccc(C)c(C)c2)c2ccccc23)c1. The Kier molecular flexibility index (Phi) is 5.44. The molecule has 2 heterocycles. The molecule has 0 unspecified atom stereocenters. The Morgan fingerprint density at radius 1 is 0.971 bits per heavy atom. The van der Waals surface area contributed by atoms with Crippen LogP contribution >= 0.6 is 11.8 Å². The topological polar surface area (TPSA) is 69.7 Å². The average Bonchev–Trinajstić information content (AvgIpc) is 3.27. The van der Waals surface area contributed by atoms with Crippen molar-refractivity contribution in [2.45, 2.75) is 25.6 Å². The first-order valence-corrected chi connectivity index (χ1v) is 12.1. The largest absolute Gasteiger partial charge is 0.325 e. The highest BCUT2D eigenvalue weighted by molar-refractivity contribution is 8.02. The molecule has 1 spiro atoms. The second-order valence-corrected chi connectivity index (χ2v) is 9.92. The van der Waals surface area contributed by atoms with Crippen LogP contribution in [0.25, 0.3) is 0 Å². The number of aryl methyl sites for hydroxylation is 3. The molecule has 1 fully saturated rings. The van der Waals surface area contributed by atoms with Gasteiger partial charge in [-0.2, -0.15) is 0 Å². The number of carbonyl (C=O) groups is 3. The summed E-state index contributed by atoms with van der Waals surface area (Å²) in [5.74, 6) is -0.502. The van der Waals surface area contributed by atoms with Gasteiger partial charge in [-0.3, -0.25) is 24.2 Å². The van der Waals surface area contributed by atoms with Crippen LogP contribution in [0.2, 0.25) is 0 Å². The lowest BCUT2D eigenvalue weighted by Gasteiger charge is -2.33. The lowest BCUT2D eigenvalue weighted by Crippen LogP contribution is -2.50. The van der Waals surface area contributed by atoms with Gasteiger partial charge in [-0.1, -0.05) is 36.4 Å². The van der Waals surface area contributed by atoms with Crippen LogP contribution in [0, 0.1) is 20.8 Å². The first kappa shape index (κ1) is 22.2. The van der Waals surface area contributed by atoms with Crippen molar-refractivity contribution in [3.8, 4) is 0 Å². The second kappa shape index (κ2) is 8.33. The maximum atomic E-state index is 14.0. The zero-order valence-corrected chi connectivity index (χ0v) is 20.1. The Morgan fingerprint density at radius 3 is 2.53 bits per heavy atom. The Bertz CT molecular complexity index is 1340. The fourth-order valence-corrected chi connectivity index (χ4v) is 6.00. The average molecular weight is 472 g/mol. The van der Waals surface area contributed by atoms with E-state index in [-0.39, 0.29) is 30.0 Å². The van der Waals surface area contributed by atoms with Crippen molar-refractivity contribution in [3.05, 3.63) is 89.0 Å². The third kappa shape index (κ3) is 3.47. The van der Waals surface area contributed by atoms with E-state index in [0.29, 0.717) is 17.1 Å². The van der Waals surface area contributed by atoms with Gasteiger partial charge in [0, 0.05) is 16.9 Å². The fourth-order valence-electron chi connectivity index (χ4n) is 4.64. The standard InChI is InChI=1S/C27H25N3O3S/c1-17-7-6-8-21(13-17)30-25(32)16-34-27(30)22-9-4-5-10-23(22)29(26(27)33)15-24(31)28-20-12-11-18(2)19(3)14-20/h4-14H,15-16H2,1-3H3,(H,28,31)/t27-/m0/s1. The molecule has 34 heavy (non-hydrogen) atoms. The summed E-state index contributed by atoms with van der Waals surface area (Å²) in [6, 6.07) is 20.8. The predicted molar refractivity (Wildman–Crippen MR) is 136 cm³/mol. The summed E-state index contributed by atoms with van der Waals surface area (Å²) in [6.07, 6.45) is 0. The van der Waals surface area contributed by atoms with Crippen molar-refractivity contribution in [1.82, 2.24) is 0 Å². The van der Waals surface area contributed by atoms with Crippen LogP contribution < -0.4 is 15.1 Å². The minimum absolute atomic E-state index is 0.125. The molecule has 1 saturated heterocycles. The lowest BCUT2D eigenvalue weighted by atomic mass is 10.0. The summed E-state index contributed by atoms with van der Waals surface area (Å²) in [6.45, 7) is 5.82. The number of nitrogens with one attached hydrogen (secondary N) is 1. The minimum Gasteiger partial charge on any atom is -0.325 e. The van der Waals surface area contributed by atoms with Crippen LogP contribution in [0.5, 0.6) is 0 Å². The molecule has 3 aromatic carbocycles. The molecule has 5 rings (SSSR count). The number of hydrogen-bond acceptors (Lipinski definition) is 4. The Morgan fingerprint density at radius 2 is 1.76 bits per heavy atom. The van der Waals surface area contributed by atoms with E-state index in [2.05, 4.69) is 5.32 Å². The normalized spacial score (nSPS) is 19.1. The molecule has 0 aliphatic carbocycles. The summed E-state index contributed by atoms with van der Waals surface area (Å²) in [5.41, 5.74) is 5.98. The lowest BCUT2D eigenvalue weighted by molar-refractivity contribution is -0.124. The Labute approximate surface area is 202 Å². The Hall–Kier alpha value is -3.58. The molecule has 0 aromatic heterocycles. The van der Waals surface area contributed by atoms with Crippen molar-refractivity contribution in [2.24, 2.45) is 0 Å². The zero-order chi connectivity index (χ0) is 24.0. The van der Waals surface area contributed by atoms with Crippen LogP contribution in [-0.2, 0) is 19.3 Å². The van der Waals surface area contributed by atoms with Gasteiger partial charge < -0.3 is 5.32 Å². The molecule has 6 nitrogen and oxygen atoms in total. The molecule has 1 N–H and O–H groups in total. The van der Waals surface area contributed by atoms with E-state index in [4.69, 9.17) is 0 Å². The number of anilines is 3. The van der Waals surface area contributed by atoms with E-state index in [1.54, 1.807) is 4.90 Å². The van der Waals surface area contributed by atoms with Gasteiger partial charge in [-0.05, 0) is 67.8 Å². The highest BCUT2D eigenvalue weighted by Gasteiger charge is 2.61. The minimum atomic E-state index is -1.22. The molecule has 3 aromatic rings. The number of benzene rings is 3. The van der Waals surface area contributed by atoms with Crippen LogP contribution in [0.1, 0.15) is 22.3 Å². The number of amides is 3. The van der Waals surface area contributed by atoms with Crippen LogP contribution in [0.4, 0.5) is 17.1 Å². The molecule has 2 aliphatic heterocycles. The molecule has 3 amide bonds. The van der Waals surface area contributed by atoms with E-state index >= 15 is 0 Å². The molecule has 2 aliphatic rings. The van der Waals surface area contributed by atoms with E-state index in [1.807, 2.05) is 87.5 Å². The Balaban J connectivity index is 1.50. The predicted octanol–water partition coefficient (Wildman–Crippen LogP) is 4.53. The summed E-state index contributed by atoms with van der Waals surface area (Å²) in [4.78, 5) is 42.0. The van der Waals surface area contributed by atoms with E-state index in [1.165, 1.54) is 16.7 Å². The van der Waals surface area contributed by atoms with Crippen LogP contribution in [0.3, 0.4) is 0 Å². The van der Waals surface area contributed by atoms with Crippen molar-refractivity contribution in [3.63, 3.8) is 0 Å². The van der Waals surface area contributed by atoms with Gasteiger partial charge in [0.05, 0.1) is 11.4 Å². The van der Waals surface area contributed by atoms with Crippen molar-refractivity contribution in [1.29, 1.82) is 0 Å². The first-order chi connectivity index (χ1) is 16.3. The van der Waals surface area contributed by atoms with Gasteiger partial charge in [0.2, 0.25) is 16.7 Å². The number of thioether (sulfide) groups is 1. The number of fused-ring (bicyclic) bond motifs is 2. The summed E-state index contributed by atoms with van der Waals surface area (Å²) >= 11 is 1.31. The van der Waals surface area contributed by atoms with Gasteiger partial charge in [-0.15, -0.1) is 11.8 Å². The highest BCUT2D eigenvalue weighted by Crippen LogP contribution is 2.55. The molecular formula is C27H25N3O3S. The van der Waals surface area contributed by atoms with Gasteiger partial charge >= 0.3 is 0 Å². The quantitative estimate of drug-likeness (QED) is 0.607. The first-order valence-electron chi connectivity index (χ1n) is 11.1.